The van der Waals surface area contributed by atoms with Crippen molar-refractivity contribution < 1.29 is 9.59 Å². The molecule has 0 aliphatic rings. The van der Waals surface area contributed by atoms with Gasteiger partial charge in [0.25, 0.3) is 0 Å². The Bertz CT molecular complexity index is 562. The molecule has 0 spiro atoms. The molecule has 0 aliphatic carbocycles. The van der Waals surface area contributed by atoms with Gasteiger partial charge >= 0.3 is 0 Å². The molecular weight excluding hydrogens is 510 g/mol. The predicted octanol–water partition coefficient (Wildman–Crippen LogP) is 6.06. The van der Waals surface area contributed by atoms with E-state index >= 15 is 0 Å². The van der Waals surface area contributed by atoms with Crippen molar-refractivity contribution in [3.8, 4) is 0 Å². The smallest absolute Gasteiger partial charge is 0.220 e. The molecule has 0 radical (unpaired) electrons. The van der Waals surface area contributed by atoms with Crippen LogP contribution in [-0.4, -0.2) is 69.5 Å². The fraction of sp³-hybridized carbons (Fsp3) is 0.941. The van der Waals surface area contributed by atoms with Crippen LogP contribution in [0.5, 0.6) is 0 Å². The summed E-state index contributed by atoms with van der Waals surface area (Å²) in [4.78, 5) is 25.4. The molecule has 0 aromatic rings. The molecule has 0 saturated heterocycles. The maximum atomic E-state index is 11.9. The molecule has 250 valence electrons. The van der Waals surface area contributed by atoms with E-state index in [9.17, 15) is 9.59 Å². The van der Waals surface area contributed by atoms with Gasteiger partial charge in [0.1, 0.15) is 5.78 Å². The quantitative estimate of drug-likeness (QED) is 0.165. The van der Waals surface area contributed by atoms with Gasteiger partial charge in [-0.1, -0.05) is 90.0 Å². The number of nitrogens with two attached hydrogens (primary N) is 2. The van der Waals surface area contributed by atoms with E-state index in [0.29, 0.717) is 36.5 Å². The molecule has 0 heterocycles. The molecule has 0 aliphatic heterocycles. The zero-order valence-corrected chi connectivity index (χ0v) is 30.4. The number of amides is 1. The lowest BCUT2D eigenvalue weighted by molar-refractivity contribution is -0.123. The van der Waals surface area contributed by atoms with Gasteiger partial charge in [-0.05, 0) is 101 Å². The van der Waals surface area contributed by atoms with Gasteiger partial charge in [-0.2, -0.15) is 0 Å². The zero-order chi connectivity index (χ0) is 33.1. The van der Waals surface area contributed by atoms with Gasteiger partial charge in [0.05, 0.1) is 0 Å². The minimum atomic E-state index is 0.0939. The van der Waals surface area contributed by atoms with E-state index < -0.39 is 0 Å². The summed E-state index contributed by atoms with van der Waals surface area (Å²) in [5, 5.41) is 6.17. The van der Waals surface area contributed by atoms with Crippen LogP contribution in [0.25, 0.3) is 0 Å². The average Bonchev–Trinajstić information content (AvgIpc) is 2.92. The molecule has 0 aromatic carbocycles. The maximum absolute atomic E-state index is 11.9. The van der Waals surface area contributed by atoms with E-state index in [1.165, 1.54) is 19.6 Å². The average molecular weight is 588 g/mol. The Morgan fingerprint density at radius 1 is 0.610 bits per heavy atom. The third-order valence-corrected chi connectivity index (χ3v) is 8.60. The Morgan fingerprint density at radius 2 is 0.976 bits per heavy atom. The number of hydrogen-bond donors (Lipinski definition) is 4. The van der Waals surface area contributed by atoms with Crippen molar-refractivity contribution in [3.05, 3.63) is 0 Å². The highest BCUT2D eigenvalue weighted by Gasteiger charge is 2.18. The first-order valence-corrected chi connectivity index (χ1v) is 16.5. The summed E-state index contributed by atoms with van der Waals surface area (Å²) in [5.41, 5.74) is 10.8. The largest absolute Gasteiger partial charge is 0.356 e. The Kier molecular flexibility index (Phi) is 34.8. The summed E-state index contributed by atoms with van der Waals surface area (Å²) in [7, 11) is 1.94. The van der Waals surface area contributed by atoms with Crippen LogP contribution in [0.15, 0.2) is 0 Å². The number of nitrogens with zero attached hydrogens (tertiary/aromatic N) is 1. The van der Waals surface area contributed by atoms with Crippen molar-refractivity contribution in [3.63, 3.8) is 0 Å². The molecule has 0 aromatic heterocycles. The lowest BCUT2D eigenvalue weighted by Gasteiger charge is -2.22. The SMILES string of the molecule is CC(C)C(C)C.CC(CN)C(C)CN.CCN(CC)CC.CNCC(C)C(C)CNC(=O)CC(C)C(C)CC(C)=O. The molecule has 1 amide bonds. The highest BCUT2D eigenvalue weighted by atomic mass is 16.1. The highest BCUT2D eigenvalue weighted by Crippen LogP contribution is 2.19. The van der Waals surface area contributed by atoms with Gasteiger partial charge < -0.3 is 31.8 Å². The van der Waals surface area contributed by atoms with Crippen molar-refractivity contribution >= 4 is 11.7 Å². The highest BCUT2D eigenvalue weighted by molar-refractivity contribution is 5.77. The Balaban J connectivity index is -0.000000266. The topological polar surface area (TPSA) is 113 Å². The number of rotatable bonds is 17. The number of ketones is 1. The van der Waals surface area contributed by atoms with Crippen LogP contribution >= 0.6 is 0 Å². The number of carbonyl (C=O) groups excluding carboxylic acids is 2. The number of nitrogens with one attached hydrogen (secondary N) is 2. The molecule has 0 rings (SSSR count). The van der Waals surface area contributed by atoms with Crippen LogP contribution in [-0.2, 0) is 9.59 Å². The second kappa shape index (κ2) is 30.4. The minimum Gasteiger partial charge on any atom is -0.356 e. The standard InChI is InChI=1S/C16H32N2O2.C6H16N2.C6H15N.C6H14/c1-11(7-15(5)19)12(2)8-16(20)18-10-14(4)13(3)9-17-6;1-5(3-7)6(2)4-8;1-4-7(5-2)6-3;1-5(2)6(3)4/h11-14,17H,7-10H2,1-6H3,(H,18,20);5-6H,3-4,7-8H2,1-2H3;4-6H2,1-3H3;5-6H,1-4H3. The molecule has 0 fully saturated rings. The second-order valence-electron chi connectivity index (χ2n) is 12.9. The summed E-state index contributed by atoms with van der Waals surface area (Å²) >= 11 is 0. The van der Waals surface area contributed by atoms with Crippen LogP contribution in [0, 0.1) is 47.3 Å². The molecule has 7 nitrogen and oxygen atoms in total. The lowest BCUT2D eigenvalue weighted by Crippen LogP contribution is -2.34. The van der Waals surface area contributed by atoms with Crippen molar-refractivity contribution in [1.82, 2.24) is 15.5 Å². The zero-order valence-electron chi connectivity index (χ0n) is 30.4. The Hall–Kier alpha value is -1.02. The molecule has 6 N–H and O–H groups in total. The normalized spacial score (nSPS) is 15.2. The minimum absolute atomic E-state index is 0.0939. The van der Waals surface area contributed by atoms with E-state index in [0.717, 1.165) is 38.0 Å². The summed E-state index contributed by atoms with van der Waals surface area (Å²) in [6, 6.07) is 0. The summed E-state index contributed by atoms with van der Waals surface area (Å²) in [5.74, 6) is 4.62. The van der Waals surface area contributed by atoms with Crippen molar-refractivity contribution in [2.45, 2.75) is 110 Å². The molecule has 41 heavy (non-hydrogen) atoms. The monoisotopic (exact) mass is 588 g/mol. The fourth-order valence-electron chi connectivity index (χ4n) is 3.35. The summed E-state index contributed by atoms with van der Waals surface area (Å²) in [6.45, 7) is 36.5. The summed E-state index contributed by atoms with van der Waals surface area (Å²) < 4.78 is 0. The fourth-order valence-corrected chi connectivity index (χ4v) is 3.35. The number of carbonyl (C=O) groups is 2. The molecule has 6 unspecified atom stereocenters. The van der Waals surface area contributed by atoms with E-state index in [2.05, 4.69) is 91.7 Å². The summed E-state index contributed by atoms with van der Waals surface area (Å²) in [6.07, 6.45) is 1.06. The maximum Gasteiger partial charge on any atom is 0.220 e. The van der Waals surface area contributed by atoms with Crippen LogP contribution in [0.4, 0.5) is 0 Å². The van der Waals surface area contributed by atoms with Crippen LogP contribution in [0.1, 0.15) is 110 Å². The van der Waals surface area contributed by atoms with Crippen molar-refractivity contribution in [2.75, 3.05) is 52.9 Å². The van der Waals surface area contributed by atoms with Crippen LogP contribution in [0.2, 0.25) is 0 Å². The molecule has 7 heteroatoms. The molecule has 6 atom stereocenters. The van der Waals surface area contributed by atoms with Crippen LogP contribution in [0.3, 0.4) is 0 Å². The number of hydrogen-bond acceptors (Lipinski definition) is 6. The van der Waals surface area contributed by atoms with Crippen molar-refractivity contribution in [1.29, 1.82) is 0 Å². The van der Waals surface area contributed by atoms with Gasteiger partial charge in [0.15, 0.2) is 0 Å². The first kappa shape index (κ1) is 46.9. The predicted molar refractivity (Wildman–Crippen MR) is 183 cm³/mol. The van der Waals surface area contributed by atoms with Gasteiger partial charge in [0.2, 0.25) is 5.91 Å². The Labute approximate surface area is 258 Å². The first-order chi connectivity index (χ1) is 19.0. The third-order valence-electron chi connectivity index (χ3n) is 8.60. The molecule has 0 bridgehead atoms. The lowest BCUT2D eigenvalue weighted by atomic mass is 9.88. The van der Waals surface area contributed by atoms with Crippen molar-refractivity contribution in [2.24, 2.45) is 58.8 Å². The van der Waals surface area contributed by atoms with Gasteiger partial charge in [-0.15, -0.1) is 0 Å². The molecular formula is C34H77N5O2. The van der Waals surface area contributed by atoms with Gasteiger partial charge in [-0.3, -0.25) is 4.79 Å². The van der Waals surface area contributed by atoms with Gasteiger partial charge in [-0.25, -0.2) is 0 Å². The Morgan fingerprint density at radius 3 is 1.24 bits per heavy atom. The number of Topliss-reactive ketones (excluding diaryl/α,β-unsaturated/α-hetero) is 1. The third kappa shape index (κ3) is 31.7. The van der Waals surface area contributed by atoms with Crippen LogP contribution < -0.4 is 22.1 Å². The van der Waals surface area contributed by atoms with E-state index in [1.54, 1.807) is 6.92 Å². The van der Waals surface area contributed by atoms with E-state index in [-0.39, 0.29) is 23.5 Å². The first-order valence-electron chi connectivity index (χ1n) is 16.5. The second-order valence-corrected chi connectivity index (χ2v) is 12.9. The van der Waals surface area contributed by atoms with E-state index in [1.807, 2.05) is 20.9 Å². The van der Waals surface area contributed by atoms with Gasteiger partial charge in [0, 0.05) is 19.4 Å². The molecule has 0 saturated carbocycles. The van der Waals surface area contributed by atoms with E-state index in [4.69, 9.17) is 11.5 Å².